The normalized spacial score (nSPS) is 23.7. The van der Waals surface area contributed by atoms with E-state index in [0.29, 0.717) is 18.9 Å². The molecule has 0 bridgehead atoms. The zero-order valence-electron chi connectivity index (χ0n) is 13.1. The Balaban J connectivity index is 2.29. The highest BCUT2D eigenvalue weighted by atomic mass is 16.2. The van der Waals surface area contributed by atoms with E-state index >= 15 is 0 Å². The van der Waals surface area contributed by atoms with Gasteiger partial charge in [0.05, 0.1) is 0 Å². The second kappa shape index (κ2) is 5.93. The van der Waals surface area contributed by atoms with Gasteiger partial charge in [0.2, 0.25) is 11.8 Å². The summed E-state index contributed by atoms with van der Waals surface area (Å²) in [4.78, 5) is 25.4. The topological polar surface area (TPSA) is 49.4 Å². The molecule has 0 radical (unpaired) electrons. The summed E-state index contributed by atoms with van der Waals surface area (Å²) in [6.07, 6.45) is 1.37. The Morgan fingerprint density at radius 3 is 2.32 bits per heavy atom. The predicted molar refractivity (Wildman–Crippen MR) is 76.6 cm³/mol. The molecule has 0 heterocycles. The van der Waals surface area contributed by atoms with Crippen LogP contribution in [0.4, 0.5) is 0 Å². The molecule has 0 aromatic carbocycles. The van der Waals surface area contributed by atoms with Crippen LogP contribution < -0.4 is 5.32 Å². The smallest absolute Gasteiger partial charge is 0.224 e. The lowest BCUT2D eigenvalue weighted by atomic mass is 9.87. The molecule has 110 valence electrons. The van der Waals surface area contributed by atoms with Gasteiger partial charge in [-0.1, -0.05) is 27.7 Å². The van der Waals surface area contributed by atoms with E-state index in [0.717, 1.165) is 6.42 Å². The van der Waals surface area contributed by atoms with E-state index < -0.39 is 0 Å². The molecule has 4 heteroatoms. The molecule has 0 unspecified atom stereocenters. The summed E-state index contributed by atoms with van der Waals surface area (Å²) in [5.41, 5.74) is 0.0666. The molecule has 1 fully saturated rings. The zero-order valence-corrected chi connectivity index (χ0v) is 13.1. The fraction of sp³-hybridized carbons (Fsp3) is 0.867. The molecule has 1 N–H and O–H groups in total. The number of hydrogen-bond donors (Lipinski definition) is 1. The number of rotatable bonds is 5. The second-order valence-corrected chi connectivity index (χ2v) is 6.91. The highest BCUT2D eigenvalue weighted by molar-refractivity contribution is 5.82. The van der Waals surface area contributed by atoms with Gasteiger partial charge in [0, 0.05) is 32.0 Å². The molecule has 1 aliphatic carbocycles. The SMILES string of the molecule is C[C@@H]1C[C@@H]1C(=O)NCCC(=O)N(C)[C@H](C)C(C)(C)C. The molecule has 0 aliphatic heterocycles. The summed E-state index contributed by atoms with van der Waals surface area (Å²) in [7, 11) is 1.84. The van der Waals surface area contributed by atoms with Crippen LogP contribution in [0.3, 0.4) is 0 Å². The Morgan fingerprint density at radius 2 is 1.89 bits per heavy atom. The Kier molecular flexibility index (Phi) is 4.99. The molecule has 2 amide bonds. The third kappa shape index (κ3) is 4.51. The van der Waals surface area contributed by atoms with Crippen LogP contribution in [0.2, 0.25) is 0 Å². The number of carbonyl (C=O) groups excluding carboxylic acids is 2. The molecule has 0 saturated heterocycles. The number of nitrogens with one attached hydrogen (secondary N) is 1. The third-order valence-corrected chi connectivity index (χ3v) is 4.31. The lowest BCUT2D eigenvalue weighted by molar-refractivity contribution is -0.133. The van der Waals surface area contributed by atoms with Crippen LogP contribution in [0.15, 0.2) is 0 Å². The molecule has 1 aliphatic rings. The van der Waals surface area contributed by atoms with Gasteiger partial charge in [0.15, 0.2) is 0 Å². The van der Waals surface area contributed by atoms with Gasteiger partial charge in [-0.25, -0.2) is 0 Å². The summed E-state index contributed by atoms with van der Waals surface area (Å²) in [6, 6.07) is 0.180. The van der Waals surface area contributed by atoms with Gasteiger partial charge in [-0.2, -0.15) is 0 Å². The third-order valence-electron chi connectivity index (χ3n) is 4.31. The van der Waals surface area contributed by atoms with Gasteiger partial charge >= 0.3 is 0 Å². The first-order chi connectivity index (χ1) is 8.64. The summed E-state index contributed by atoms with van der Waals surface area (Å²) in [5.74, 6) is 0.888. The predicted octanol–water partition coefficient (Wildman–Crippen LogP) is 2.04. The first-order valence-electron chi connectivity index (χ1n) is 7.18. The first-order valence-corrected chi connectivity index (χ1v) is 7.18. The number of nitrogens with zero attached hydrogens (tertiary/aromatic N) is 1. The quantitative estimate of drug-likeness (QED) is 0.829. The van der Waals surface area contributed by atoms with Crippen molar-refractivity contribution >= 4 is 11.8 Å². The van der Waals surface area contributed by atoms with Crippen molar-refractivity contribution in [1.29, 1.82) is 0 Å². The van der Waals surface area contributed by atoms with Gasteiger partial charge in [0.1, 0.15) is 0 Å². The average molecular weight is 268 g/mol. The van der Waals surface area contributed by atoms with Crippen molar-refractivity contribution in [1.82, 2.24) is 10.2 Å². The van der Waals surface area contributed by atoms with E-state index in [4.69, 9.17) is 0 Å². The Bertz CT molecular complexity index is 347. The fourth-order valence-corrected chi connectivity index (χ4v) is 2.08. The molecule has 3 atom stereocenters. The Labute approximate surface area is 116 Å². The second-order valence-electron chi connectivity index (χ2n) is 6.91. The van der Waals surface area contributed by atoms with Gasteiger partial charge in [-0.15, -0.1) is 0 Å². The van der Waals surface area contributed by atoms with Crippen molar-refractivity contribution in [3.05, 3.63) is 0 Å². The van der Waals surface area contributed by atoms with Crippen LogP contribution >= 0.6 is 0 Å². The summed E-state index contributed by atoms with van der Waals surface area (Å²) in [6.45, 7) is 11.0. The molecular formula is C15H28N2O2. The van der Waals surface area contributed by atoms with Crippen molar-refractivity contribution in [2.45, 2.75) is 53.5 Å². The number of hydrogen-bond acceptors (Lipinski definition) is 2. The average Bonchev–Trinajstić information content (AvgIpc) is 3.03. The van der Waals surface area contributed by atoms with Crippen LogP contribution in [0.25, 0.3) is 0 Å². The molecular weight excluding hydrogens is 240 g/mol. The van der Waals surface area contributed by atoms with Crippen LogP contribution in [-0.2, 0) is 9.59 Å². The van der Waals surface area contributed by atoms with Crippen LogP contribution in [0.5, 0.6) is 0 Å². The van der Waals surface area contributed by atoms with Crippen molar-refractivity contribution in [3.63, 3.8) is 0 Å². The number of amides is 2. The molecule has 0 aromatic heterocycles. The highest BCUT2D eigenvalue weighted by Gasteiger charge is 2.38. The molecule has 0 aromatic rings. The van der Waals surface area contributed by atoms with Gasteiger partial charge in [-0.05, 0) is 24.7 Å². The van der Waals surface area contributed by atoms with E-state index in [1.165, 1.54) is 0 Å². The minimum atomic E-state index is 0.0666. The molecule has 19 heavy (non-hydrogen) atoms. The Hall–Kier alpha value is -1.06. The maximum Gasteiger partial charge on any atom is 0.224 e. The van der Waals surface area contributed by atoms with Crippen LogP contribution in [0.1, 0.15) is 47.5 Å². The first kappa shape index (κ1) is 16.0. The van der Waals surface area contributed by atoms with Gasteiger partial charge in [-0.3, -0.25) is 9.59 Å². The lowest BCUT2D eigenvalue weighted by Crippen LogP contribution is -2.44. The van der Waals surface area contributed by atoms with E-state index in [9.17, 15) is 9.59 Å². The monoisotopic (exact) mass is 268 g/mol. The van der Waals surface area contributed by atoms with E-state index in [1.54, 1.807) is 4.90 Å². The van der Waals surface area contributed by atoms with Gasteiger partial charge < -0.3 is 10.2 Å². The summed E-state index contributed by atoms with van der Waals surface area (Å²) in [5, 5.41) is 2.85. The minimum Gasteiger partial charge on any atom is -0.355 e. The fourth-order valence-electron chi connectivity index (χ4n) is 2.08. The van der Waals surface area contributed by atoms with Crippen molar-refractivity contribution in [2.24, 2.45) is 17.3 Å². The maximum absolute atomic E-state index is 12.0. The maximum atomic E-state index is 12.0. The van der Waals surface area contributed by atoms with E-state index in [2.05, 4.69) is 39.9 Å². The Morgan fingerprint density at radius 1 is 1.37 bits per heavy atom. The summed E-state index contributed by atoms with van der Waals surface area (Å²) < 4.78 is 0. The molecule has 4 nitrogen and oxygen atoms in total. The molecule has 1 rings (SSSR count). The minimum absolute atomic E-state index is 0.0666. The standard InChI is InChI=1S/C15H28N2O2/c1-10-9-12(10)14(19)16-8-7-13(18)17(6)11(2)15(3,4)5/h10-12H,7-9H2,1-6H3,(H,16,19)/t10-,11-,12+/m1/s1. The van der Waals surface area contributed by atoms with E-state index in [-0.39, 0.29) is 29.2 Å². The highest BCUT2D eigenvalue weighted by Crippen LogP contribution is 2.37. The van der Waals surface area contributed by atoms with Gasteiger partial charge in [0.25, 0.3) is 0 Å². The van der Waals surface area contributed by atoms with Crippen LogP contribution in [-0.4, -0.2) is 36.3 Å². The summed E-state index contributed by atoms with van der Waals surface area (Å²) >= 11 is 0. The van der Waals surface area contributed by atoms with E-state index in [1.807, 2.05) is 7.05 Å². The van der Waals surface area contributed by atoms with Crippen molar-refractivity contribution in [3.8, 4) is 0 Å². The van der Waals surface area contributed by atoms with Crippen molar-refractivity contribution in [2.75, 3.05) is 13.6 Å². The molecule has 0 spiro atoms. The van der Waals surface area contributed by atoms with Crippen LogP contribution in [0, 0.1) is 17.3 Å². The lowest BCUT2D eigenvalue weighted by Gasteiger charge is -2.35. The number of carbonyl (C=O) groups is 2. The largest absolute Gasteiger partial charge is 0.355 e. The molecule has 1 saturated carbocycles. The zero-order chi connectivity index (χ0) is 14.8. The van der Waals surface area contributed by atoms with Crippen molar-refractivity contribution < 1.29 is 9.59 Å².